The van der Waals surface area contributed by atoms with Crippen LogP contribution in [0.3, 0.4) is 0 Å². The number of hydrogen-bond donors (Lipinski definition) is 3. The summed E-state index contributed by atoms with van der Waals surface area (Å²) in [5.74, 6) is 0. The van der Waals surface area contributed by atoms with Crippen molar-refractivity contribution in [3.8, 4) is 0 Å². The van der Waals surface area contributed by atoms with Crippen molar-refractivity contribution in [3.05, 3.63) is 0 Å². The fourth-order valence-electron chi connectivity index (χ4n) is 1.48. The lowest BCUT2D eigenvalue weighted by Gasteiger charge is -2.21. The molecule has 0 aliphatic heterocycles. The fraction of sp³-hybridized carbons (Fsp3) is 1.00. The number of hydrogen-bond acceptors (Lipinski definition) is 2. The number of rotatable bonds is 10. The first-order chi connectivity index (χ1) is 8.91. The molecule has 7 heteroatoms. The number of halogens is 1. The smallest absolute Gasteiger partial charge is 0.300 e. The van der Waals surface area contributed by atoms with Gasteiger partial charge in [0.15, 0.2) is 0 Å². The van der Waals surface area contributed by atoms with Gasteiger partial charge in [-0.25, -0.2) is 0 Å². The summed E-state index contributed by atoms with van der Waals surface area (Å²) in [6, 6.07) is 0. The summed E-state index contributed by atoms with van der Waals surface area (Å²) < 4.78 is 20.4. The van der Waals surface area contributed by atoms with Gasteiger partial charge in [0.05, 0.1) is 0 Å². The molecule has 118 valence electrons. The van der Waals surface area contributed by atoms with E-state index in [2.05, 4.69) is 36.7 Å². The van der Waals surface area contributed by atoms with Crippen LogP contribution in [-0.4, -0.2) is 24.5 Å². The molecule has 0 saturated heterocycles. The van der Waals surface area contributed by atoms with Crippen molar-refractivity contribution >= 4 is 7.59 Å². The van der Waals surface area contributed by atoms with E-state index in [0.717, 1.165) is 0 Å². The molecule has 0 heterocycles. The molecule has 0 spiro atoms. The highest BCUT2D eigenvalue weighted by Gasteiger charge is 2.02. The lowest BCUT2D eigenvalue weighted by atomic mass is 10.2. The second-order valence-corrected chi connectivity index (χ2v) is 6.28. The van der Waals surface area contributed by atoms with Crippen molar-refractivity contribution in [2.75, 3.05) is 19.6 Å². The predicted octanol–water partition coefficient (Wildman–Crippen LogP) is 3.17. The zero-order valence-corrected chi connectivity index (χ0v) is 13.6. The van der Waals surface area contributed by atoms with Crippen molar-refractivity contribution < 1.29 is 9.05 Å². The van der Waals surface area contributed by atoms with Crippen molar-refractivity contribution in [3.63, 3.8) is 0 Å². The van der Waals surface area contributed by atoms with E-state index >= 15 is 0 Å². The Morgan fingerprint density at radius 1 is 0.947 bits per heavy atom. The maximum atomic E-state index is 10.7. The van der Waals surface area contributed by atoms with Crippen molar-refractivity contribution in [1.29, 1.82) is 0 Å². The highest BCUT2D eigenvalue weighted by atomic mass is 31.2. The van der Waals surface area contributed by atoms with E-state index in [9.17, 15) is 9.05 Å². The van der Waals surface area contributed by atoms with Crippen LogP contribution in [0.15, 0.2) is 0 Å². The van der Waals surface area contributed by atoms with E-state index in [1.165, 1.54) is 58.2 Å². The molecular weight excluding hydrogens is 266 g/mol. The first kappa shape index (κ1) is 21.3. The molecule has 0 fully saturated rings. The van der Waals surface area contributed by atoms with Crippen molar-refractivity contribution in [2.45, 2.75) is 59.3 Å². The first-order valence-electron chi connectivity index (χ1n) is 7.18. The standard InChI is InChI=1S/C12H27N.FH5N3OP/c1-4-7-10-13(11-8-5-2)12-9-6-3;1-4-6(2,3)5/h4-12H2,1-3H3;(H5,2,3,4,5). The third-order valence-electron chi connectivity index (χ3n) is 2.62. The van der Waals surface area contributed by atoms with Gasteiger partial charge in [-0.15, -0.1) is 4.48 Å². The minimum atomic E-state index is -3.56. The monoisotopic (exact) mass is 298 g/mol. The molecule has 0 amide bonds. The topological polar surface area (TPSA) is 84.4 Å². The molecule has 0 aromatic heterocycles. The van der Waals surface area contributed by atoms with E-state index in [4.69, 9.17) is 0 Å². The quantitative estimate of drug-likeness (QED) is 0.426. The largest absolute Gasteiger partial charge is 0.303 e. The molecule has 0 aliphatic rings. The SMILES string of the molecule is CCCCN(CCCC)CCCC.NP(N)(=O)NF. The van der Waals surface area contributed by atoms with Gasteiger partial charge in [-0.2, -0.15) is 0 Å². The van der Waals surface area contributed by atoms with Crippen LogP contribution in [-0.2, 0) is 4.57 Å². The van der Waals surface area contributed by atoms with Crippen LogP contribution in [0.2, 0.25) is 0 Å². The van der Waals surface area contributed by atoms with Crippen LogP contribution in [0, 0.1) is 0 Å². The summed E-state index contributed by atoms with van der Waals surface area (Å²) in [6.07, 6.45) is 8.09. The van der Waals surface area contributed by atoms with Gasteiger partial charge in [0, 0.05) is 0 Å². The van der Waals surface area contributed by atoms with E-state index in [0.29, 0.717) is 5.31 Å². The van der Waals surface area contributed by atoms with E-state index < -0.39 is 7.59 Å². The second-order valence-electron chi connectivity index (χ2n) is 4.70. The summed E-state index contributed by atoms with van der Waals surface area (Å²) >= 11 is 0. The van der Waals surface area contributed by atoms with Gasteiger partial charge in [-0.05, 0) is 38.9 Å². The van der Waals surface area contributed by atoms with Crippen LogP contribution < -0.4 is 16.3 Å². The molecule has 0 radical (unpaired) electrons. The molecule has 0 aliphatic carbocycles. The summed E-state index contributed by atoms with van der Waals surface area (Å²) in [4.78, 5) is 2.64. The summed E-state index contributed by atoms with van der Waals surface area (Å²) in [6.45, 7) is 10.8. The summed E-state index contributed by atoms with van der Waals surface area (Å²) in [5, 5.41) is 0.715. The van der Waals surface area contributed by atoms with Crippen LogP contribution >= 0.6 is 7.59 Å². The van der Waals surface area contributed by atoms with Gasteiger partial charge in [0.25, 0.3) is 0 Å². The Labute approximate surface area is 117 Å². The van der Waals surface area contributed by atoms with Crippen LogP contribution in [0.25, 0.3) is 0 Å². The summed E-state index contributed by atoms with van der Waals surface area (Å²) in [7, 11) is -3.56. The lowest BCUT2D eigenvalue weighted by Crippen LogP contribution is -2.27. The number of nitrogens with one attached hydrogen (secondary N) is 1. The summed E-state index contributed by atoms with van der Waals surface area (Å²) in [5.41, 5.74) is 8.76. The third kappa shape index (κ3) is 20.5. The van der Waals surface area contributed by atoms with E-state index in [-0.39, 0.29) is 0 Å². The molecule has 5 nitrogen and oxygen atoms in total. The minimum absolute atomic E-state index is 0.715. The Bertz CT molecular complexity index is 207. The Balaban J connectivity index is 0. The first-order valence-corrected chi connectivity index (χ1v) is 9.03. The van der Waals surface area contributed by atoms with Gasteiger partial charge in [0.1, 0.15) is 0 Å². The number of unbranched alkanes of at least 4 members (excludes halogenated alkanes) is 3. The van der Waals surface area contributed by atoms with Crippen LogP contribution in [0.5, 0.6) is 0 Å². The molecule has 0 saturated carbocycles. The third-order valence-corrected chi connectivity index (χ3v) is 2.88. The highest BCUT2D eigenvalue weighted by Crippen LogP contribution is 2.15. The highest BCUT2D eigenvalue weighted by molar-refractivity contribution is 7.56. The van der Waals surface area contributed by atoms with Crippen molar-refractivity contribution in [1.82, 2.24) is 10.2 Å². The van der Waals surface area contributed by atoms with Gasteiger partial charge in [-0.1, -0.05) is 45.3 Å². The Morgan fingerprint density at radius 2 is 1.21 bits per heavy atom. The molecule has 19 heavy (non-hydrogen) atoms. The Morgan fingerprint density at radius 3 is 1.37 bits per heavy atom. The van der Waals surface area contributed by atoms with Gasteiger partial charge in [0.2, 0.25) is 0 Å². The van der Waals surface area contributed by atoms with Crippen LogP contribution in [0.1, 0.15) is 59.3 Å². The lowest BCUT2D eigenvalue weighted by molar-refractivity contribution is 0.261. The molecule has 0 aromatic carbocycles. The molecule has 0 rings (SSSR count). The number of nitrogens with zero attached hydrogens (tertiary/aromatic N) is 1. The van der Waals surface area contributed by atoms with Gasteiger partial charge >= 0.3 is 7.59 Å². The maximum absolute atomic E-state index is 10.7. The Kier molecular flexibility index (Phi) is 16.2. The second kappa shape index (κ2) is 14.4. The number of nitrogens with two attached hydrogens (primary N) is 2. The molecule has 5 N–H and O–H groups in total. The van der Waals surface area contributed by atoms with Crippen molar-refractivity contribution in [2.24, 2.45) is 11.0 Å². The van der Waals surface area contributed by atoms with E-state index in [1.54, 1.807) is 0 Å². The molecule has 0 atom stereocenters. The minimum Gasteiger partial charge on any atom is -0.303 e. The average Bonchev–Trinajstić information content (AvgIpc) is 2.38. The van der Waals surface area contributed by atoms with Gasteiger partial charge < -0.3 is 4.90 Å². The maximum Gasteiger partial charge on any atom is 0.300 e. The Hall–Kier alpha value is -0.0000000000000000278. The molecular formula is C12H32FN4OP. The normalized spacial score (nSPS) is 11.3. The zero-order valence-electron chi connectivity index (χ0n) is 12.7. The fourth-order valence-corrected chi connectivity index (χ4v) is 1.48. The predicted molar refractivity (Wildman–Crippen MR) is 81.4 cm³/mol. The average molecular weight is 298 g/mol. The van der Waals surface area contributed by atoms with E-state index in [1.807, 2.05) is 0 Å². The zero-order chi connectivity index (χ0) is 15.1. The van der Waals surface area contributed by atoms with Gasteiger partial charge in [-0.3, -0.25) is 15.6 Å². The molecule has 0 bridgehead atoms. The molecule has 0 unspecified atom stereocenters. The molecule has 0 aromatic rings. The van der Waals surface area contributed by atoms with Crippen LogP contribution in [0.4, 0.5) is 4.48 Å².